The summed E-state index contributed by atoms with van der Waals surface area (Å²) in [5.41, 5.74) is -3.46. The first-order valence-corrected chi connectivity index (χ1v) is 11.3. The predicted octanol–water partition coefficient (Wildman–Crippen LogP) is 1.77. The van der Waals surface area contributed by atoms with Crippen LogP contribution in [0.5, 0.6) is 0 Å². The Balaban J connectivity index is 2.19. The van der Waals surface area contributed by atoms with E-state index in [1.807, 2.05) is 6.07 Å². The monoisotopic (exact) mass is 493 g/mol. The highest BCUT2D eigenvalue weighted by Crippen LogP contribution is 2.35. The Kier molecular flexibility index (Phi) is 8.51. The van der Waals surface area contributed by atoms with Gasteiger partial charge in [-0.15, -0.1) is 0 Å². The van der Waals surface area contributed by atoms with E-state index in [0.29, 0.717) is 5.01 Å². The molecule has 2 rings (SSSR count). The number of nitrogens with zero attached hydrogens (tertiary/aromatic N) is 1. The third-order valence-corrected chi connectivity index (χ3v) is 4.96. The largest absolute Gasteiger partial charge is 0.459 e. The fourth-order valence-corrected chi connectivity index (χ4v) is 3.41. The molecule has 0 bridgehead atoms. The lowest BCUT2D eigenvalue weighted by atomic mass is 9.95. The second-order valence-electron chi connectivity index (χ2n) is 10.5. The van der Waals surface area contributed by atoms with Crippen molar-refractivity contribution in [1.29, 1.82) is 0 Å². The Morgan fingerprint density at radius 2 is 1.69 bits per heavy atom. The number of hydrogen-bond acceptors (Lipinski definition) is 9. The van der Waals surface area contributed by atoms with Gasteiger partial charge in [0.1, 0.15) is 23.9 Å². The van der Waals surface area contributed by atoms with Crippen LogP contribution in [0.1, 0.15) is 59.9 Å². The first kappa shape index (κ1) is 28.1. The van der Waals surface area contributed by atoms with Crippen LogP contribution in [0.25, 0.3) is 0 Å². The minimum atomic E-state index is -2.42. The molecule has 0 radical (unpaired) electrons. The van der Waals surface area contributed by atoms with Gasteiger partial charge in [-0.3, -0.25) is 4.79 Å². The highest BCUT2D eigenvalue weighted by molar-refractivity contribution is 5.92. The summed E-state index contributed by atoms with van der Waals surface area (Å²) in [7, 11) is 0. The maximum absolute atomic E-state index is 12.9. The molecular formula is C24H35N3O8. The van der Waals surface area contributed by atoms with Gasteiger partial charge < -0.3 is 24.6 Å². The molecule has 0 spiro atoms. The Bertz CT molecular complexity index is 938. The van der Waals surface area contributed by atoms with E-state index in [1.165, 1.54) is 0 Å². The minimum absolute atomic E-state index is 0.0599. The van der Waals surface area contributed by atoms with Crippen LogP contribution >= 0.6 is 0 Å². The molecule has 1 aromatic rings. The molecule has 11 nitrogen and oxygen atoms in total. The molecule has 4 N–H and O–H groups in total. The number of aliphatic hydroxyl groups is 1. The van der Waals surface area contributed by atoms with Crippen molar-refractivity contribution in [1.82, 2.24) is 10.3 Å². The summed E-state index contributed by atoms with van der Waals surface area (Å²) in [4.78, 5) is 50.6. The Labute approximate surface area is 204 Å². The van der Waals surface area contributed by atoms with Crippen LogP contribution < -0.4 is 11.2 Å². The maximum atomic E-state index is 12.9. The summed E-state index contributed by atoms with van der Waals surface area (Å²) < 4.78 is 15.8. The highest BCUT2D eigenvalue weighted by Gasteiger charge is 2.56. The van der Waals surface area contributed by atoms with Crippen LogP contribution in [0.15, 0.2) is 30.3 Å². The number of amides is 2. The van der Waals surface area contributed by atoms with Crippen molar-refractivity contribution < 1.29 is 38.5 Å². The highest BCUT2D eigenvalue weighted by atomic mass is 16.6. The average molecular weight is 494 g/mol. The number of benzene rings is 1. The van der Waals surface area contributed by atoms with E-state index in [0.717, 1.165) is 5.56 Å². The second-order valence-corrected chi connectivity index (χ2v) is 10.5. The van der Waals surface area contributed by atoms with Gasteiger partial charge in [0.25, 0.3) is 5.72 Å². The molecule has 1 aromatic carbocycles. The Hall–Kier alpha value is -3.18. The van der Waals surface area contributed by atoms with Crippen LogP contribution in [0, 0.1) is 5.92 Å². The molecule has 1 heterocycles. The van der Waals surface area contributed by atoms with Crippen molar-refractivity contribution in [3.05, 3.63) is 35.9 Å². The Morgan fingerprint density at radius 1 is 1.11 bits per heavy atom. The first-order valence-electron chi connectivity index (χ1n) is 11.3. The van der Waals surface area contributed by atoms with Gasteiger partial charge >= 0.3 is 18.0 Å². The van der Waals surface area contributed by atoms with Crippen LogP contribution in [0.2, 0.25) is 0 Å². The normalized spacial score (nSPS) is 21.3. The van der Waals surface area contributed by atoms with E-state index in [4.69, 9.17) is 20.1 Å². The number of carbonyl (C=O) groups excluding carboxylic acids is 4. The van der Waals surface area contributed by atoms with Gasteiger partial charge in [0.05, 0.1) is 0 Å². The summed E-state index contributed by atoms with van der Waals surface area (Å²) in [5.74, 6) is 1.97. The molecule has 2 amide bonds. The van der Waals surface area contributed by atoms with Gasteiger partial charge in [-0.05, 0) is 53.5 Å². The third kappa shape index (κ3) is 7.93. The first-order chi connectivity index (χ1) is 16.0. The van der Waals surface area contributed by atoms with Gasteiger partial charge in [0, 0.05) is 12.3 Å². The topological polar surface area (TPSA) is 157 Å². The van der Waals surface area contributed by atoms with Gasteiger partial charge in [-0.2, -0.15) is 0 Å². The number of carbonyl (C=O) groups is 4. The summed E-state index contributed by atoms with van der Waals surface area (Å²) >= 11 is 0. The molecule has 11 heteroatoms. The summed E-state index contributed by atoms with van der Waals surface area (Å²) in [6.07, 6.45) is -1.61. The SMILES string of the molecule is CC(C)(C)OC(=O)N[C@@H](C[C@H]1CC(O)(C(=O)OC(C)(C)C)N(N)C1=O)C(=O)OCc1ccccc1. The lowest BCUT2D eigenvalue weighted by Gasteiger charge is -2.30. The van der Waals surface area contributed by atoms with Gasteiger partial charge in [0.15, 0.2) is 0 Å². The molecule has 1 saturated heterocycles. The van der Waals surface area contributed by atoms with Crippen LogP contribution in [-0.4, -0.2) is 57.0 Å². The minimum Gasteiger partial charge on any atom is -0.459 e. The van der Waals surface area contributed by atoms with Crippen molar-refractivity contribution in [2.45, 2.75) is 84.0 Å². The molecule has 1 aliphatic heterocycles. The lowest BCUT2D eigenvalue weighted by Crippen LogP contribution is -2.57. The van der Waals surface area contributed by atoms with Crippen LogP contribution in [0.3, 0.4) is 0 Å². The Morgan fingerprint density at radius 3 is 2.23 bits per heavy atom. The van der Waals surface area contributed by atoms with Gasteiger partial charge in [-0.1, -0.05) is 30.3 Å². The second kappa shape index (κ2) is 10.6. The number of nitrogens with one attached hydrogen (secondary N) is 1. The van der Waals surface area contributed by atoms with Crippen LogP contribution in [-0.2, 0) is 35.2 Å². The number of ether oxygens (including phenoxy) is 3. The smallest absolute Gasteiger partial charge is 0.408 e. The van der Waals surface area contributed by atoms with Crippen molar-refractivity contribution in [2.24, 2.45) is 11.8 Å². The summed E-state index contributed by atoms with van der Waals surface area (Å²) in [6, 6.07) is 7.59. The quantitative estimate of drug-likeness (QED) is 0.223. The van der Waals surface area contributed by atoms with Gasteiger partial charge in [-0.25, -0.2) is 25.2 Å². The van der Waals surface area contributed by atoms with E-state index in [1.54, 1.807) is 65.8 Å². The third-order valence-electron chi connectivity index (χ3n) is 4.96. The molecular weight excluding hydrogens is 458 g/mol. The van der Waals surface area contributed by atoms with Crippen molar-refractivity contribution in [3.63, 3.8) is 0 Å². The fourth-order valence-electron chi connectivity index (χ4n) is 3.41. The van der Waals surface area contributed by atoms with E-state index in [9.17, 15) is 24.3 Å². The van der Waals surface area contributed by atoms with E-state index in [2.05, 4.69) is 5.32 Å². The zero-order valence-electron chi connectivity index (χ0n) is 21.0. The van der Waals surface area contributed by atoms with E-state index in [-0.39, 0.29) is 13.0 Å². The number of hydrazine groups is 1. The molecule has 0 aromatic heterocycles. The molecule has 35 heavy (non-hydrogen) atoms. The van der Waals surface area contributed by atoms with E-state index < -0.39 is 59.2 Å². The molecule has 1 unspecified atom stereocenters. The number of nitrogens with two attached hydrogens (primary N) is 1. The number of hydrogen-bond donors (Lipinski definition) is 3. The zero-order valence-corrected chi connectivity index (χ0v) is 21.0. The average Bonchev–Trinajstić information content (AvgIpc) is 2.94. The number of rotatable bonds is 7. The maximum Gasteiger partial charge on any atom is 0.408 e. The van der Waals surface area contributed by atoms with Crippen molar-refractivity contribution in [2.75, 3.05) is 0 Å². The zero-order chi connectivity index (χ0) is 26.6. The number of alkyl carbamates (subject to hydrolysis) is 1. The molecule has 0 aliphatic carbocycles. The van der Waals surface area contributed by atoms with Crippen LogP contribution in [0.4, 0.5) is 4.79 Å². The van der Waals surface area contributed by atoms with Crippen molar-refractivity contribution in [3.8, 4) is 0 Å². The van der Waals surface area contributed by atoms with Crippen molar-refractivity contribution >= 4 is 23.9 Å². The summed E-state index contributed by atoms with van der Waals surface area (Å²) in [5, 5.41) is 13.7. The van der Waals surface area contributed by atoms with Gasteiger partial charge in [0.2, 0.25) is 5.91 Å². The van der Waals surface area contributed by atoms with E-state index >= 15 is 0 Å². The lowest BCUT2D eigenvalue weighted by molar-refractivity contribution is -0.196. The molecule has 0 saturated carbocycles. The summed E-state index contributed by atoms with van der Waals surface area (Å²) in [6.45, 7) is 9.72. The molecule has 3 atom stereocenters. The predicted molar refractivity (Wildman–Crippen MR) is 124 cm³/mol. The number of esters is 2. The molecule has 194 valence electrons. The standard InChI is InChI=1S/C24H35N3O8/c1-22(2,3)34-20(30)24(32)13-16(18(28)27(24)25)12-17(26-21(31)35-23(4,5)6)19(29)33-14-15-10-8-7-9-11-15/h7-11,16-17,32H,12-14,25H2,1-6H3,(H,26,31)/t16-,17-,24?/m0/s1. The molecule has 1 fully saturated rings. The molecule has 1 aliphatic rings. The fraction of sp³-hybridized carbons (Fsp3) is 0.583.